The second-order valence-corrected chi connectivity index (χ2v) is 6.64. The molecule has 0 bridgehead atoms. The molecule has 26 heavy (non-hydrogen) atoms. The van der Waals surface area contributed by atoms with Crippen molar-refractivity contribution >= 4 is 17.5 Å². The van der Waals surface area contributed by atoms with Crippen molar-refractivity contribution in [2.45, 2.75) is 26.3 Å². The Bertz CT molecular complexity index is 924. The summed E-state index contributed by atoms with van der Waals surface area (Å²) >= 11 is 0. The minimum atomic E-state index is -0.262. The minimum absolute atomic E-state index is 0.257. The molecule has 1 atom stereocenters. The van der Waals surface area contributed by atoms with Crippen molar-refractivity contribution in [3.05, 3.63) is 77.2 Å². The lowest BCUT2D eigenvalue weighted by Gasteiger charge is -2.36. The number of hydrogen-bond acceptors (Lipinski definition) is 4. The maximum atomic E-state index is 13.1. The van der Waals surface area contributed by atoms with E-state index in [1.165, 1.54) is 23.3 Å². The Morgan fingerprint density at radius 1 is 1.08 bits per heavy atom. The van der Waals surface area contributed by atoms with Crippen molar-refractivity contribution in [1.29, 1.82) is 0 Å². The van der Waals surface area contributed by atoms with Crippen molar-refractivity contribution in [3.63, 3.8) is 0 Å². The molecular formula is C21H21FN4. The van der Waals surface area contributed by atoms with Crippen LogP contribution in [0.1, 0.15) is 29.8 Å². The normalized spacial score (nSPS) is 16.3. The molecule has 4 nitrogen and oxygen atoms in total. The number of aromatic nitrogens is 2. The van der Waals surface area contributed by atoms with Crippen molar-refractivity contribution in [1.82, 2.24) is 9.97 Å². The molecule has 0 aliphatic carbocycles. The van der Waals surface area contributed by atoms with Gasteiger partial charge < -0.3 is 10.2 Å². The molecule has 5 heteroatoms. The van der Waals surface area contributed by atoms with Gasteiger partial charge in [0.1, 0.15) is 11.6 Å². The summed E-state index contributed by atoms with van der Waals surface area (Å²) in [5.74, 6) is 1.17. The van der Waals surface area contributed by atoms with Gasteiger partial charge in [-0.3, -0.25) is 0 Å². The lowest BCUT2D eigenvalue weighted by Crippen LogP contribution is -2.34. The van der Waals surface area contributed by atoms with E-state index in [9.17, 15) is 4.39 Å². The van der Waals surface area contributed by atoms with Crippen LogP contribution in [-0.4, -0.2) is 16.5 Å². The highest BCUT2D eigenvalue weighted by molar-refractivity contribution is 5.56. The number of rotatable bonds is 3. The third-order valence-corrected chi connectivity index (χ3v) is 4.83. The number of nitrogens with zero attached hydrogens (tertiary/aromatic N) is 3. The molecule has 1 N–H and O–H groups in total. The number of aryl methyl sites for hydroxylation is 1. The van der Waals surface area contributed by atoms with Crippen LogP contribution in [-0.2, 0) is 6.42 Å². The molecular weight excluding hydrogens is 327 g/mol. The molecule has 2 heterocycles. The number of halogens is 1. The van der Waals surface area contributed by atoms with Crippen LogP contribution in [0.15, 0.2) is 54.6 Å². The van der Waals surface area contributed by atoms with Gasteiger partial charge in [0.25, 0.3) is 0 Å². The first-order chi connectivity index (χ1) is 12.6. The highest BCUT2D eigenvalue weighted by atomic mass is 19.1. The van der Waals surface area contributed by atoms with E-state index in [0.717, 1.165) is 30.2 Å². The highest BCUT2D eigenvalue weighted by Crippen LogP contribution is 2.33. The molecule has 0 saturated carbocycles. The third-order valence-electron chi connectivity index (χ3n) is 4.83. The Hall–Kier alpha value is -2.95. The second kappa shape index (κ2) is 6.75. The number of benzene rings is 2. The Morgan fingerprint density at radius 3 is 2.65 bits per heavy atom. The molecule has 132 valence electrons. The monoisotopic (exact) mass is 348 g/mol. The van der Waals surface area contributed by atoms with Gasteiger partial charge in [-0.1, -0.05) is 24.3 Å². The smallest absolute Gasteiger partial charge is 0.229 e. The van der Waals surface area contributed by atoms with E-state index in [0.29, 0.717) is 5.95 Å². The van der Waals surface area contributed by atoms with E-state index in [1.54, 1.807) is 12.1 Å². The number of anilines is 3. The van der Waals surface area contributed by atoms with E-state index in [-0.39, 0.29) is 11.9 Å². The predicted molar refractivity (Wildman–Crippen MR) is 102 cm³/mol. The van der Waals surface area contributed by atoms with Gasteiger partial charge in [0.2, 0.25) is 5.95 Å². The summed E-state index contributed by atoms with van der Waals surface area (Å²) in [6.07, 6.45) is 1.00. The molecule has 1 aromatic heterocycles. The van der Waals surface area contributed by atoms with Crippen LogP contribution in [0.4, 0.5) is 21.8 Å². The number of nitrogens with one attached hydrogen (secondary N) is 1. The van der Waals surface area contributed by atoms with E-state index < -0.39 is 0 Å². The summed E-state index contributed by atoms with van der Waals surface area (Å²) in [6, 6.07) is 17.1. The SMILES string of the molecule is Cc1cc(N2CCc3ccccc3C2C)nc(Nc2ccc(F)cc2)n1. The van der Waals surface area contributed by atoms with Crippen molar-refractivity contribution in [2.75, 3.05) is 16.8 Å². The fourth-order valence-electron chi connectivity index (χ4n) is 3.50. The summed E-state index contributed by atoms with van der Waals surface area (Å²) in [5, 5.41) is 3.17. The molecule has 3 aromatic rings. The zero-order valence-corrected chi connectivity index (χ0v) is 14.9. The van der Waals surface area contributed by atoms with Gasteiger partial charge in [-0.2, -0.15) is 4.98 Å². The summed E-state index contributed by atoms with van der Waals surface area (Å²) in [7, 11) is 0. The van der Waals surface area contributed by atoms with E-state index >= 15 is 0 Å². The van der Waals surface area contributed by atoms with Crippen molar-refractivity contribution in [3.8, 4) is 0 Å². The fraction of sp³-hybridized carbons (Fsp3) is 0.238. The molecule has 1 aliphatic rings. The van der Waals surface area contributed by atoms with Crippen LogP contribution in [0.25, 0.3) is 0 Å². The standard InChI is InChI=1S/C21H21FN4/c1-14-13-20(25-21(23-14)24-18-9-7-17(22)8-10-18)26-12-11-16-5-3-4-6-19(16)15(26)2/h3-10,13,15H,11-12H2,1-2H3,(H,23,24,25). The number of hydrogen-bond donors (Lipinski definition) is 1. The van der Waals surface area contributed by atoms with Gasteiger partial charge in [0.05, 0.1) is 6.04 Å². The topological polar surface area (TPSA) is 41.1 Å². The first-order valence-corrected chi connectivity index (χ1v) is 8.83. The second-order valence-electron chi connectivity index (χ2n) is 6.64. The number of fused-ring (bicyclic) bond motifs is 1. The Labute approximate surface area is 152 Å². The van der Waals surface area contributed by atoms with Gasteiger partial charge in [-0.25, -0.2) is 9.37 Å². The van der Waals surface area contributed by atoms with Crippen LogP contribution < -0.4 is 10.2 Å². The highest BCUT2D eigenvalue weighted by Gasteiger charge is 2.25. The molecule has 4 rings (SSSR count). The molecule has 1 aliphatic heterocycles. The maximum Gasteiger partial charge on any atom is 0.229 e. The van der Waals surface area contributed by atoms with Gasteiger partial charge in [0, 0.05) is 24.0 Å². The first kappa shape index (κ1) is 16.5. The summed E-state index contributed by atoms with van der Waals surface area (Å²) in [6.45, 7) is 5.09. The predicted octanol–water partition coefficient (Wildman–Crippen LogP) is 4.79. The fourth-order valence-corrected chi connectivity index (χ4v) is 3.50. The third kappa shape index (κ3) is 3.25. The van der Waals surface area contributed by atoms with Crippen molar-refractivity contribution in [2.24, 2.45) is 0 Å². The van der Waals surface area contributed by atoms with Gasteiger partial charge in [-0.05, 0) is 55.7 Å². The van der Waals surface area contributed by atoms with Crippen LogP contribution in [0.3, 0.4) is 0 Å². The molecule has 1 unspecified atom stereocenters. The average Bonchev–Trinajstić information content (AvgIpc) is 2.64. The lowest BCUT2D eigenvalue weighted by atomic mass is 9.93. The molecule has 0 fully saturated rings. The van der Waals surface area contributed by atoms with Gasteiger partial charge in [-0.15, -0.1) is 0 Å². The van der Waals surface area contributed by atoms with Crippen LogP contribution in [0.2, 0.25) is 0 Å². The van der Waals surface area contributed by atoms with Crippen LogP contribution in [0, 0.1) is 12.7 Å². The molecule has 0 spiro atoms. The molecule has 0 saturated heterocycles. The van der Waals surface area contributed by atoms with E-state index in [2.05, 4.69) is 46.4 Å². The Balaban J connectivity index is 1.63. The Morgan fingerprint density at radius 2 is 1.85 bits per heavy atom. The largest absolute Gasteiger partial charge is 0.349 e. The summed E-state index contributed by atoms with van der Waals surface area (Å²) in [4.78, 5) is 11.5. The lowest BCUT2D eigenvalue weighted by molar-refractivity contribution is 0.616. The quantitative estimate of drug-likeness (QED) is 0.739. The zero-order chi connectivity index (χ0) is 18.1. The molecule has 0 radical (unpaired) electrons. The minimum Gasteiger partial charge on any atom is -0.349 e. The summed E-state index contributed by atoms with van der Waals surface area (Å²) < 4.78 is 13.1. The van der Waals surface area contributed by atoms with Gasteiger partial charge >= 0.3 is 0 Å². The van der Waals surface area contributed by atoms with E-state index in [1.807, 2.05) is 13.0 Å². The van der Waals surface area contributed by atoms with Crippen LogP contribution >= 0.6 is 0 Å². The van der Waals surface area contributed by atoms with E-state index in [4.69, 9.17) is 4.98 Å². The average molecular weight is 348 g/mol. The molecule has 2 aromatic carbocycles. The zero-order valence-electron chi connectivity index (χ0n) is 14.9. The van der Waals surface area contributed by atoms with Crippen molar-refractivity contribution < 1.29 is 4.39 Å². The first-order valence-electron chi connectivity index (χ1n) is 8.83. The van der Waals surface area contributed by atoms with Gasteiger partial charge in [0.15, 0.2) is 0 Å². The molecule has 0 amide bonds. The Kier molecular flexibility index (Phi) is 4.29. The maximum absolute atomic E-state index is 13.1. The summed E-state index contributed by atoms with van der Waals surface area (Å²) in [5.41, 5.74) is 4.42. The van der Waals surface area contributed by atoms with Crippen LogP contribution in [0.5, 0.6) is 0 Å².